The van der Waals surface area contributed by atoms with E-state index in [9.17, 15) is 9.67 Å². The smallest absolute Gasteiger partial charge is 0.392 e. The molecule has 2 aliphatic rings. The maximum Gasteiger partial charge on any atom is 0.469 e. The van der Waals surface area contributed by atoms with Crippen LogP contribution in [-0.4, -0.2) is 49.0 Å². The van der Waals surface area contributed by atoms with Gasteiger partial charge in [-0.05, 0) is 6.08 Å². The predicted octanol–water partition coefficient (Wildman–Crippen LogP) is -0.0541. The van der Waals surface area contributed by atoms with Gasteiger partial charge in [0.25, 0.3) is 0 Å². The van der Waals surface area contributed by atoms with Gasteiger partial charge in [-0.15, -0.1) is 11.8 Å². The molecular formula is C10H16N3O5PS. The SMILES string of the molecule is C=C1N=C(N)C=CN1[C@H]1C[C@@H](O)[C@@H](COP(=O)(O)O)S1. The third-order valence-electron chi connectivity index (χ3n) is 2.88. The first-order valence-electron chi connectivity index (χ1n) is 5.79. The third kappa shape index (κ3) is 3.85. The number of thioether (sulfide) groups is 1. The first-order chi connectivity index (χ1) is 9.26. The molecule has 2 aliphatic heterocycles. The van der Waals surface area contributed by atoms with E-state index >= 15 is 0 Å². The number of hydrogen-bond donors (Lipinski definition) is 4. The number of phosphoric ester groups is 1. The minimum absolute atomic E-state index is 0.129. The van der Waals surface area contributed by atoms with Gasteiger partial charge in [-0.25, -0.2) is 9.56 Å². The van der Waals surface area contributed by atoms with E-state index in [4.69, 9.17) is 15.5 Å². The molecule has 8 nitrogen and oxygen atoms in total. The van der Waals surface area contributed by atoms with Crippen molar-refractivity contribution in [1.29, 1.82) is 0 Å². The van der Waals surface area contributed by atoms with Crippen LogP contribution in [0.4, 0.5) is 0 Å². The van der Waals surface area contributed by atoms with Crippen LogP contribution in [0.15, 0.2) is 29.7 Å². The van der Waals surface area contributed by atoms with Crippen molar-refractivity contribution in [1.82, 2.24) is 4.90 Å². The van der Waals surface area contributed by atoms with Gasteiger partial charge in [0.05, 0.1) is 23.3 Å². The van der Waals surface area contributed by atoms with Gasteiger partial charge in [-0.3, -0.25) is 4.52 Å². The Morgan fingerprint density at radius 1 is 1.65 bits per heavy atom. The van der Waals surface area contributed by atoms with Crippen molar-refractivity contribution in [3.63, 3.8) is 0 Å². The zero-order valence-electron chi connectivity index (χ0n) is 10.5. The van der Waals surface area contributed by atoms with Gasteiger partial charge in [0.2, 0.25) is 0 Å². The number of phosphoric acid groups is 1. The van der Waals surface area contributed by atoms with E-state index in [2.05, 4.69) is 16.1 Å². The number of nitrogens with two attached hydrogens (primary N) is 1. The van der Waals surface area contributed by atoms with Gasteiger partial charge >= 0.3 is 7.82 Å². The topological polar surface area (TPSA) is 129 Å². The second-order valence-electron chi connectivity index (χ2n) is 4.39. The van der Waals surface area contributed by atoms with Gasteiger partial charge in [0.1, 0.15) is 11.7 Å². The number of hydrogen-bond acceptors (Lipinski definition) is 7. The van der Waals surface area contributed by atoms with Gasteiger partial charge in [0.15, 0.2) is 0 Å². The summed E-state index contributed by atoms with van der Waals surface area (Å²) in [6.07, 6.45) is 3.04. The van der Waals surface area contributed by atoms with Crippen molar-refractivity contribution in [3.8, 4) is 0 Å². The molecule has 0 unspecified atom stereocenters. The standard InChI is InChI=1S/C10H16N3O5PS/c1-6-12-9(11)2-3-13(6)10-4-7(14)8(20-10)5-18-19(15,16)17/h2-3,7-8,10,14H,1,4-5H2,(H2,11,12)(H2,15,16,17)/t7-,8-,10-/m1/s1. The molecule has 0 aromatic carbocycles. The molecule has 0 aromatic heterocycles. The fourth-order valence-corrected chi connectivity index (χ4v) is 3.89. The van der Waals surface area contributed by atoms with Crippen molar-refractivity contribution >= 4 is 25.4 Å². The highest BCUT2D eigenvalue weighted by Gasteiger charge is 2.38. The molecule has 0 aliphatic carbocycles. The number of aliphatic hydroxyl groups excluding tert-OH is 1. The van der Waals surface area contributed by atoms with Crippen LogP contribution in [0.3, 0.4) is 0 Å². The maximum absolute atomic E-state index is 10.7. The molecular weight excluding hydrogens is 305 g/mol. The van der Waals surface area contributed by atoms with Gasteiger partial charge < -0.3 is 25.5 Å². The molecule has 0 radical (unpaired) electrons. The molecule has 2 rings (SSSR count). The molecule has 2 heterocycles. The van der Waals surface area contributed by atoms with E-state index in [-0.39, 0.29) is 12.0 Å². The monoisotopic (exact) mass is 321 g/mol. The van der Waals surface area contributed by atoms with Gasteiger partial charge in [-0.1, -0.05) is 6.58 Å². The Hall–Kier alpha value is -0.830. The first-order valence-corrected chi connectivity index (χ1v) is 8.27. The fraction of sp³-hybridized carbons (Fsp3) is 0.500. The minimum atomic E-state index is -4.52. The molecule has 0 bridgehead atoms. The number of aliphatic hydroxyl groups is 1. The summed E-state index contributed by atoms with van der Waals surface area (Å²) < 4.78 is 15.1. The molecule has 1 saturated heterocycles. The molecule has 0 saturated carbocycles. The Kier molecular flexibility index (Phi) is 4.58. The summed E-state index contributed by atoms with van der Waals surface area (Å²) >= 11 is 1.36. The normalized spacial score (nSPS) is 30.8. The van der Waals surface area contributed by atoms with Crippen LogP contribution in [-0.2, 0) is 9.09 Å². The second kappa shape index (κ2) is 5.88. The van der Waals surface area contributed by atoms with Gasteiger partial charge in [-0.2, -0.15) is 0 Å². The number of nitrogens with zero attached hydrogens (tertiary/aromatic N) is 2. The predicted molar refractivity (Wildman–Crippen MR) is 75.5 cm³/mol. The van der Waals surface area contributed by atoms with Crippen molar-refractivity contribution in [2.45, 2.75) is 23.1 Å². The Balaban J connectivity index is 1.95. The quantitative estimate of drug-likeness (QED) is 0.530. The molecule has 0 aromatic rings. The van der Waals surface area contributed by atoms with E-state index in [1.54, 1.807) is 17.2 Å². The molecule has 20 heavy (non-hydrogen) atoms. The fourth-order valence-electron chi connectivity index (χ4n) is 1.96. The van der Waals surface area contributed by atoms with E-state index in [1.807, 2.05) is 0 Å². The molecule has 3 atom stereocenters. The molecule has 5 N–H and O–H groups in total. The van der Waals surface area contributed by atoms with Crippen molar-refractivity contribution in [2.75, 3.05) is 6.61 Å². The van der Waals surface area contributed by atoms with Crippen molar-refractivity contribution in [3.05, 3.63) is 24.7 Å². The van der Waals surface area contributed by atoms with Crippen molar-refractivity contribution in [2.24, 2.45) is 10.7 Å². The number of rotatable bonds is 4. The number of amidine groups is 1. The van der Waals surface area contributed by atoms with E-state index in [0.717, 1.165) is 0 Å². The van der Waals surface area contributed by atoms with E-state index in [0.29, 0.717) is 18.1 Å². The lowest BCUT2D eigenvalue weighted by atomic mass is 10.2. The third-order valence-corrected chi connectivity index (χ3v) is 4.90. The number of aliphatic imine (C=N–C) groups is 1. The Bertz CT molecular complexity index is 505. The van der Waals surface area contributed by atoms with Crippen LogP contribution < -0.4 is 5.73 Å². The zero-order valence-corrected chi connectivity index (χ0v) is 12.2. The summed E-state index contributed by atoms with van der Waals surface area (Å²) in [6, 6.07) is 0. The summed E-state index contributed by atoms with van der Waals surface area (Å²) in [5.74, 6) is 0.822. The summed E-state index contributed by atoms with van der Waals surface area (Å²) in [5.41, 5.74) is 5.55. The highest BCUT2D eigenvalue weighted by Crippen LogP contribution is 2.42. The Labute approximate surface area is 120 Å². The van der Waals surface area contributed by atoms with Crippen LogP contribution in [0.5, 0.6) is 0 Å². The molecule has 0 spiro atoms. The van der Waals surface area contributed by atoms with Crippen LogP contribution in [0.2, 0.25) is 0 Å². The Morgan fingerprint density at radius 3 is 2.95 bits per heavy atom. The van der Waals surface area contributed by atoms with Crippen LogP contribution in [0.25, 0.3) is 0 Å². The minimum Gasteiger partial charge on any atom is -0.392 e. The lowest BCUT2D eigenvalue weighted by molar-refractivity contribution is 0.125. The van der Waals surface area contributed by atoms with E-state index in [1.165, 1.54) is 11.8 Å². The van der Waals surface area contributed by atoms with Crippen molar-refractivity contribution < 1.29 is 24.0 Å². The first kappa shape index (κ1) is 15.6. The highest BCUT2D eigenvalue weighted by atomic mass is 32.2. The molecule has 1 fully saturated rings. The van der Waals surface area contributed by atoms with E-state index < -0.39 is 19.2 Å². The second-order valence-corrected chi connectivity index (χ2v) is 7.06. The lowest BCUT2D eigenvalue weighted by Gasteiger charge is -2.28. The van der Waals surface area contributed by atoms with Gasteiger partial charge in [0, 0.05) is 12.6 Å². The van der Waals surface area contributed by atoms with Crippen LogP contribution in [0, 0.1) is 0 Å². The summed E-state index contributed by atoms with van der Waals surface area (Å²) in [6.45, 7) is 3.56. The average Bonchev–Trinajstić information content (AvgIpc) is 2.67. The summed E-state index contributed by atoms with van der Waals surface area (Å²) in [7, 11) is -4.52. The highest BCUT2D eigenvalue weighted by molar-refractivity contribution is 8.00. The lowest BCUT2D eigenvalue weighted by Crippen LogP contribution is -2.29. The Morgan fingerprint density at radius 2 is 2.35 bits per heavy atom. The summed E-state index contributed by atoms with van der Waals surface area (Å²) in [4.78, 5) is 23.2. The van der Waals surface area contributed by atoms with Crippen LogP contribution >= 0.6 is 19.6 Å². The average molecular weight is 321 g/mol. The summed E-state index contributed by atoms with van der Waals surface area (Å²) in [5, 5.41) is 9.38. The molecule has 10 heteroatoms. The zero-order chi connectivity index (χ0) is 14.9. The molecule has 112 valence electrons. The van der Waals surface area contributed by atoms with Crippen LogP contribution in [0.1, 0.15) is 6.42 Å². The maximum atomic E-state index is 10.7. The largest absolute Gasteiger partial charge is 0.469 e. The molecule has 0 amide bonds.